The molecule has 5 heterocycles. The number of rotatable bonds is 0. The van der Waals surface area contributed by atoms with E-state index in [1.54, 1.807) is 20.8 Å². The molecule has 0 aromatic rings. The van der Waals surface area contributed by atoms with Crippen LogP contribution in [0.25, 0.3) is 0 Å². The van der Waals surface area contributed by atoms with E-state index in [-0.39, 0.29) is 50.9 Å². The van der Waals surface area contributed by atoms with E-state index in [9.17, 15) is 34.5 Å². The lowest BCUT2D eigenvalue weighted by molar-refractivity contribution is -0.382. The van der Waals surface area contributed by atoms with Crippen molar-refractivity contribution in [1.82, 2.24) is 0 Å². The van der Waals surface area contributed by atoms with Crippen molar-refractivity contribution >= 4 is 23.5 Å². The van der Waals surface area contributed by atoms with Crippen molar-refractivity contribution in [2.45, 2.75) is 106 Å². The number of Topliss-reactive ketones (excluding diaryl/α,β-unsaturated/α-hetero) is 2. The second-order valence-electron chi connectivity index (χ2n) is 14.1. The van der Waals surface area contributed by atoms with Gasteiger partial charge >= 0.3 is 11.9 Å². The molecule has 5 saturated heterocycles. The number of ketones is 2. The van der Waals surface area contributed by atoms with Gasteiger partial charge in [0.15, 0.2) is 22.6 Å². The number of hydrogen-bond acceptors (Lipinski definition) is 11. The molecule has 0 radical (unpaired) electrons. The molecule has 11 heteroatoms. The standard InChI is InChI=1S/C28H34O11/c1-22-10-17-24(3)28-18(22)19(31)27(39-28,36-11-14(22)20(32)37-17)13-9-16(30)25(34)7-4-5-15(29)23(25,2)12(13)6-8-26(28,35)21(33)38-24/h12-14,16-18,30,34-35H,4-11H2,1-3H3. The largest absolute Gasteiger partial charge is 0.458 e. The highest BCUT2D eigenvalue weighted by atomic mass is 16.8. The van der Waals surface area contributed by atoms with Gasteiger partial charge in [0.25, 0.3) is 0 Å². The van der Waals surface area contributed by atoms with Crippen LogP contribution in [0.3, 0.4) is 0 Å². The Labute approximate surface area is 224 Å². The van der Waals surface area contributed by atoms with Gasteiger partial charge in [0.1, 0.15) is 17.5 Å². The molecule has 0 aromatic carbocycles. The molecule has 3 N–H and O–H groups in total. The van der Waals surface area contributed by atoms with Gasteiger partial charge in [-0.25, -0.2) is 4.79 Å². The Hall–Kier alpha value is -1.92. The number of carbonyl (C=O) groups excluding carboxylic acids is 4. The summed E-state index contributed by atoms with van der Waals surface area (Å²) in [6.45, 7) is 4.77. The van der Waals surface area contributed by atoms with Gasteiger partial charge in [-0.2, -0.15) is 0 Å². The maximum atomic E-state index is 14.9. The fourth-order valence-electron chi connectivity index (χ4n) is 10.9. The summed E-state index contributed by atoms with van der Waals surface area (Å²) in [5.41, 5.74) is -10.2. The Kier molecular flexibility index (Phi) is 4.20. The molecule has 8 aliphatic rings. The first-order valence-corrected chi connectivity index (χ1v) is 14.2. The van der Waals surface area contributed by atoms with Crippen LogP contribution in [0.2, 0.25) is 0 Å². The van der Waals surface area contributed by atoms with E-state index < -0.39 is 92.6 Å². The highest BCUT2D eigenvalue weighted by Crippen LogP contribution is 2.75. The lowest BCUT2D eigenvalue weighted by Crippen LogP contribution is -2.79. The monoisotopic (exact) mass is 546 g/mol. The Morgan fingerprint density at radius 2 is 1.74 bits per heavy atom. The van der Waals surface area contributed by atoms with Crippen LogP contribution in [0.5, 0.6) is 0 Å². The quantitative estimate of drug-likeness (QED) is 0.349. The fourth-order valence-corrected chi connectivity index (χ4v) is 10.9. The summed E-state index contributed by atoms with van der Waals surface area (Å²) in [5, 5.41) is 35.7. The molecule has 11 nitrogen and oxygen atoms in total. The number of esters is 2. The summed E-state index contributed by atoms with van der Waals surface area (Å²) in [6.07, 6.45) is -1.45. The van der Waals surface area contributed by atoms with Gasteiger partial charge < -0.3 is 34.3 Å². The van der Waals surface area contributed by atoms with E-state index in [0.717, 1.165) is 0 Å². The summed E-state index contributed by atoms with van der Waals surface area (Å²) < 4.78 is 24.9. The van der Waals surface area contributed by atoms with Gasteiger partial charge in [-0.1, -0.05) is 6.92 Å². The molecule has 8 rings (SSSR count). The Balaban J connectivity index is 1.42. The smallest absolute Gasteiger partial charge is 0.342 e. The average molecular weight is 547 g/mol. The molecule has 0 amide bonds. The van der Waals surface area contributed by atoms with E-state index in [4.69, 9.17) is 18.9 Å². The van der Waals surface area contributed by atoms with Crippen LogP contribution >= 0.6 is 0 Å². The van der Waals surface area contributed by atoms with Crippen molar-refractivity contribution in [2.75, 3.05) is 6.61 Å². The van der Waals surface area contributed by atoms with Crippen LogP contribution in [0, 0.1) is 34.5 Å². The minimum absolute atomic E-state index is 0.0855. The predicted octanol–water partition coefficient (Wildman–Crippen LogP) is -0.0534. The van der Waals surface area contributed by atoms with Crippen LogP contribution in [-0.4, -0.2) is 85.8 Å². The predicted molar refractivity (Wildman–Crippen MR) is 125 cm³/mol. The molecule has 212 valence electrons. The molecule has 3 aliphatic carbocycles. The maximum absolute atomic E-state index is 14.9. The van der Waals surface area contributed by atoms with Crippen molar-refractivity contribution in [3.8, 4) is 0 Å². The Morgan fingerprint density at radius 3 is 2.49 bits per heavy atom. The third-order valence-electron chi connectivity index (χ3n) is 13.0. The molecule has 8 fully saturated rings. The van der Waals surface area contributed by atoms with E-state index in [1.807, 2.05) is 0 Å². The normalized spacial score (nSPS) is 62.4. The van der Waals surface area contributed by atoms with E-state index >= 15 is 0 Å². The third-order valence-corrected chi connectivity index (χ3v) is 13.0. The van der Waals surface area contributed by atoms with Gasteiger partial charge in [0, 0.05) is 12.3 Å². The van der Waals surface area contributed by atoms with Crippen molar-refractivity contribution in [1.29, 1.82) is 0 Å². The molecule has 39 heavy (non-hydrogen) atoms. The fraction of sp³-hybridized carbons (Fsp3) is 0.857. The zero-order valence-electron chi connectivity index (χ0n) is 22.2. The molecular weight excluding hydrogens is 512 g/mol. The summed E-state index contributed by atoms with van der Waals surface area (Å²) in [6, 6.07) is 0. The molecule has 2 spiro atoms. The summed E-state index contributed by atoms with van der Waals surface area (Å²) in [5.74, 6) is -7.99. The van der Waals surface area contributed by atoms with Crippen molar-refractivity contribution in [3.63, 3.8) is 0 Å². The van der Waals surface area contributed by atoms with Gasteiger partial charge in [0.05, 0.1) is 30.0 Å². The summed E-state index contributed by atoms with van der Waals surface area (Å²) in [4.78, 5) is 55.6. The summed E-state index contributed by atoms with van der Waals surface area (Å²) >= 11 is 0. The maximum Gasteiger partial charge on any atom is 0.342 e. The topological polar surface area (TPSA) is 166 Å². The number of fused-ring (bicyclic) bond motifs is 5. The number of carbonyl (C=O) groups is 4. The Morgan fingerprint density at radius 1 is 1.00 bits per heavy atom. The molecule has 3 saturated carbocycles. The zero-order chi connectivity index (χ0) is 27.8. The first kappa shape index (κ1) is 24.8. The van der Waals surface area contributed by atoms with Crippen molar-refractivity contribution in [3.05, 3.63) is 0 Å². The van der Waals surface area contributed by atoms with Crippen LogP contribution in [-0.2, 0) is 38.1 Å². The van der Waals surface area contributed by atoms with E-state index in [2.05, 4.69) is 0 Å². The van der Waals surface area contributed by atoms with E-state index in [1.165, 1.54) is 0 Å². The highest BCUT2D eigenvalue weighted by molar-refractivity contribution is 5.99. The van der Waals surface area contributed by atoms with E-state index in [0.29, 0.717) is 6.42 Å². The number of hydrogen-bond donors (Lipinski definition) is 3. The first-order valence-electron chi connectivity index (χ1n) is 14.2. The van der Waals surface area contributed by atoms with Gasteiger partial charge in [0.2, 0.25) is 5.79 Å². The van der Waals surface area contributed by atoms with Gasteiger partial charge in [-0.3, -0.25) is 14.4 Å². The van der Waals surface area contributed by atoms with Crippen molar-refractivity contribution in [2.24, 2.45) is 34.5 Å². The molecule has 0 aromatic heterocycles. The molecular formula is C28H34O11. The third kappa shape index (κ3) is 2.14. The second-order valence-corrected chi connectivity index (χ2v) is 14.1. The summed E-state index contributed by atoms with van der Waals surface area (Å²) in [7, 11) is 0. The van der Waals surface area contributed by atoms with Crippen LogP contribution in [0.1, 0.15) is 65.7 Å². The molecule has 13 atom stereocenters. The molecule has 5 bridgehead atoms. The number of aliphatic hydroxyl groups excluding tert-OH is 1. The minimum Gasteiger partial charge on any atom is -0.458 e. The molecule has 13 unspecified atom stereocenters. The van der Waals surface area contributed by atoms with Crippen LogP contribution in [0.15, 0.2) is 0 Å². The van der Waals surface area contributed by atoms with Gasteiger partial charge in [-0.15, -0.1) is 0 Å². The van der Waals surface area contributed by atoms with Crippen LogP contribution in [0.4, 0.5) is 0 Å². The zero-order valence-corrected chi connectivity index (χ0v) is 22.2. The first-order chi connectivity index (χ1) is 18.2. The molecule has 5 aliphatic heterocycles. The second kappa shape index (κ2) is 6.59. The lowest BCUT2D eigenvalue weighted by Gasteiger charge is -2.64. The van der Waals surface area contributed by atoms with Crippen molar-refractivity contribution < 1.29 is 53.4 Å². The SMILES string of the molecule is CC12CC3OC(=O)C1COC14OC5(C2C1=O)C(O)(CCC1C4CC(O)C2(O)CCCC(=O)C12C)C(=O)OC35C. The van der Waals surface area contributed by atoms with Crippen LogP contribution < -0.4 is 0 Å². The average Bonchev–Trinajstić information content (AvgIpc) is 3.19. The number of aliphatic hydroxyl groups is 3. The highest BCUT2D eigenvalue weighted by Gasteiger charge is 2.93. The van der Waals surface area contributed by atoms with Gasteiger partial charge in [-0.05, 0) is 63.7 Å². The Bertz CT molecular complexity index is 1280. The lowest BCUT2D eigenvalue weighted by atomic mass is 9.46. The minimum atomic E-state index is -2.30. The number of ether oxygens (including phenoxy) is 4.